The zero-order valence-electron chi connectivity index (χ0n) is 12.2. The number of benzene rings is 1. The third-order valence-corrected chi connectivity index (χ3v) is 4.81. The molecule has 0 aliphatic carbocycles. The summed E-state index contributed by atoms with van der Waals surface area (Å²) in [7, 11) is 3.50. The first-order chi connectivity index (χ1) is 9.42. The maximum atomic E-state index is 9.01. The van der Waals surface area contributed by atoms with E-state index in [-0.39, 0.29) is 0 Å². The molecule has 0 fully saturated rings. The van der Waals surface area contributed by atoms with Crippen LogP contribution in [0.4, 0.5) is 0 Å². The Bertz CT molecular complexity index is 726. The Hall–Kier alpha value is -1.80. The van der Waals surface area contributed by atoms with Crippen LogP contribution in [0.5, 0.6) is 5.75 Å². The van der Waals surface area contributed by atoms with Crippen molar-refractivity contribution in [3.05, 3.63) is 32.9 Å². The summed E-state index contributed by atoms with van der Waals surface area (Å²) < 4.78 is 8.37. The van der Waals surface area contributed by atoms with Gasteiger partial charge in [0, 0.05) is 23.2 Å². The average Bonchev–Trinajstić information content (AvgIpc) is 2.81. The number of aromatic nitrogens is 2. The standard InChI is InChI=1S/C15H16BrN3O/c1-8-9(2)15(20-5)13(10(3)14(8)16)12-6-11(7-17)18-19(12)4/h6H,1-5H3. The van der Waals surface area contributed by atoms with Gasteiger partial charge in [0.1, 0.15) is 11.8 Å². The molecule has 0 spiro atoms. The van der Waals surface area contributed by atoms with E-state index in [1.165, 1.54) is 0 Å². The van der Waals surface area contributed by atoms with E-state index in [2.05, 4.69) is 34.0 Å². The number of aryl methyl sites for hydroxylation is 1. The molecule has 2 aromatic rings. The maximum absolute atomic E-state index is 9.01. The first-order valence-corrected chi connectivity index (χ1v) is 6.99. The molecule has 0 bridgehead atoms. The van der Waals surface area contributed by atoms with Crippen molar-refractivity contribution in [3.63, 3.8) is 0 Å². The van der Waals surface area contributed by atoms with E-state index in [9.17, 15) is 0 Å². The van der Waals surface area contributed by atoms with Crippen LogP contribution in [0.15, 0.2) is 10.5 Å². The molecule has 0 N–H and O–H groups in total. The second kappa shape index (κ2) is 5.29. The van der Waals surface area contributed by atoms with Crippen LogP contribution in [0, 0.1) is 32.1 Å². The first kappa shape index (κ1) is 14.6. The van der Waals surface area contributed by atoms with Crippen LogP contribution in [-0.4, -0.2) is 16.9 Å². The lowest BCUT2D eigenvalue weighted by atomic mass is 9.96. The summed E-state index contributed by atoms with van der Waals surface area (Å²) in [6, 6.07) is 3.85. The van der Waals surface area contributed by atoms with E-state index in [0.717, 1.165) is 38.2 Å². The van der Waals surface area contributed by atoms with E-state index < -0.39 is 0 Å². The molecule has 0 unspecified atom stereocenters. The topological polar surface area (TPSA) is 50.8 Å². The minimum absolute atomic E-state index is 0.401. The smallest absolute Gasteiger partial charge is 0.163 e. The summed E-state index contributed by atoms with van der Waals surface area (Å²) in [5, 5.41) is 13.2. The van der Waals surface area contributed by atoms with Gasteiger partial charge in [-0.1, -0.05) is 15.9 Å². The SMILES string of the molecule is COc1c(C)c(C)c(Br)c(C)c1-c1cc(C#N)nn1C. The lowest BCUT2D eigenvalue weighted by Crippen LogP contribution is -2.02. The van der Waals surface area contributed by atoms with E-state index in [0.29, 0.717) is 5.69 Å². The van der Waals surface area contributed by atoms with Gasteiger partial charge >= 0.3 is 0 Å². The molecule has 0 radical (unpaired) electrons. The largest absolute Gasteiger partial charge is 0.496 e. The molecule has 0 aliphatic rings. The molecule has 0 saturated heterocycles. The maximum Gasteiger partial charge on any atom is 0.163 e. The van der Waals surface area contributed by atoms with E-state index >= 15 is 0 Å². The molecule has 0 aliphatic heterocycles. The lowest BCUT2D eigenvalue weighted by Gasteiger charge is -2.18. The monoisotopic (exact) mass is 333 g/mol. The van der Waals surface area contributed by atoms with Crippen LogP contribution in [0.25, 0.3) is 11.3 Å². The van der Waals surface area contributed by atoms with Crippen molar-refractivity contribution in [2.45, 2.75) is 20.8 Å². The molecule has 0 amide bonds. The zero-order valence-corrected chi connectivity index (χ0v) is 13.8. The van der Waals surface area contributed by atoms with Gasteiger partial charge < -0.3 is 4.74 Å². The van der Waals surface area contributed by atoms with Crippen molar-refractivity contribution in [1.29, 1.82) is 5.26 Å². The van der Waals surface area contributed by atoms with Crippen LogP contribution in [0.3, 0.4) is 0 Å². The summed E-state index contributed by atoms with van der Waals surface area (Å²) >= 11 is 3.64. The van der Waals surface area contributed by atoms with Crippen molar-refractivity contribution < 1.29 is 4.74 Å². The highest BCUT2D eigenvalue weighted by molar-refractivity contribution is 9.10. The van der Waals surface area contributed by atoms with Crippen molar-refractivity contribution in [1.82, 2.24) is 9.78 Å². The van der Waals surface area contributed by atoms with Crippen LogP contribution in [0.1, 0.15) is 22.4 Å². The van der Waals surface area contributed by atoms with Gasteiger partial charge in [-0.3, -0.25) is 4.68 Å². The van der Waals surface area contributed by atoms with Crippen molar-refractivity contribution in [2.24, 2.45) is 7.05 Å². The highest BCUT2D eigenvalue weighted by Gasteiger charge is 2.21. The van der Waals surface area contributed by atoms with Crippen molar-refractivity contribution in [2.75, 3.05) is 7.11 Å². The normalized spacial score (nSPS) is 10.4. The Morgan fingerprint density at radius 2 is 1.90 bits per heavy atom. The summed E-state index contributed by atoms with van der Waals surface area (Å²) in [4.78, 5) is 0. The molecular formula is C15H16BrN3O. The van der Waals surface area contributed by atoms with Crippen LogP contribution >= 0.6 is 15.9 Å². The van der Waals surface area contributed by atoms with Crippen molar-refractivity contribution >= 4 is 15.9 Å². The number of hydrogen-bond acceptors (Lipinski definition) is 3. The molecule has 20 heavy (non-hydrogen) atoms. The number of hydrogen-bond donors (Lipinski definition) is 0. The van der Waals surface area contributed by atoms with Gasteiger partial charge in [0.25, 0.3) is 0 Å². The summed E-state index contributed by atoms with van der Waals surface area (Å²) in [5.74, 6) is 0.829. The minimum Gasteiger partial charge on any atom is -0.496 e. The quantitative estimate of drug-likeness (QED) is 0.842. The van der Waals surface area contributed by atoms with Gasteiger partial charge in [-0.25, -0.2) is 0 Å². The van der Waals surface area contributed by atoms with Crippen LogP contribution in [0.2, 0.25) is 0 Å². The van der Waals surface area contributed by atoms with E-state index in [1.54, 1.807) is 17.9 Å². The third kappa shape index (κ3) is 2.10. The Labute approximate surface area is 127 Å². The molecule has 0 atom stereocenters. The Morgan fingerprint density at radius 1 is 1.25 bits per heavy atom. The van der Waals surface area contributed by atoms with Gasteiger partial charge in [0.05, 0.1) is 12.8 Å². The fourth-order valence-corrected chi connectivity index (χ4v) is 2.90. The highest BCUT2D eigenvalue weighted by Crippen LogP contribution is 2.42. The van der Waals surface area contributed by atoms with E-state index in [4.69, 9.17) is 10.00 Å². The van der Waals surface area contributed by atoms with Gasteiger partial charge in [0.2, 0.25) is 0 Å². The predicted octanol–water partition coefficient (Wildman–Crippen LogP) is 3.66. The minimum atomic E-state index is 0.401. The van der Waals surface area contributed by atoms with Gasteiger partial charge in [-0.05, 0) is 37.5 Å². The molecule has 104 valence electrons. The van der Waals surface area contributed by atoms with E-state index in [1.807, 2.05) is 20.9 Å². The van der Waals surface area contributed by atoms with Crippen LogP contribution < -0.4 is 4.74 Å². The molecule has 1 heterocycles. The number of nitriles is 1. The number of halogens is 1. The molecule has 5 heteroatoms. The lowest BCUT2D eigenvalue weighted by molar-refractivity contribution is 0.412. The number of rotatable bonds is 2. The summed E-state index contributed by atoms with van der Waals surface area (Å²) in [5.41, 5.74) is 5.57. The molecule has 2 rings (SSSR count). The predicted molar refractivity (Wildman–Crippen MR) is 81.8 cm³/mol. The second-order valence-electron chi connectivity index (χ2n) is 4.75. The average molecular weight is 334 g/mol. The molecule has 1 aromatic heterocycles. The summed E-state index contributed by atoms with van der Waals surface area (Å²) in [6.07, 6.45) is 0. The van der Waals surface area contributed by atoms with Crippen LogP contribution in [-0.2, 0) is 7.05 Å². The first-order valence-electron chi connectivity index (χ1n) is 6.20. The third-order valence-electron chi connectivity index (χ3n) is 3.62. The fraction of sp³-hybridized carbons (Fsp3) is 0.333. The van der Waals surface area contributed by atoms with Gasteiger partial charge in [0.15, 0.2) is 5.69 Å². The van der Waals surface area contributed by atoms with Gasteiger partial charge in [-0.2, -0.15) is 10.4 Å². The highest BCUT2D eigenvalue weighted by atomic mass is 79.9. The molecule has 0 saturated carbocycles. The Balaban J connectivity index is 2.86. The molecule has 4 nitrogen and oxygen atoms in total. The number of ether oxygens (including phenoxy) is 1. The van der Waals surface area contributed by atoms with Gasteiger partial charge in [-0.15, -0.1) is 0 Å². The molecular weight excluding hydrogens is 318 g/mol. The fourth-order valence-electron chi connectivity index (χ4n) is 2.40. The second-order valence-corrected chi connectivity index (χ2v) is 5.54. The summed E-state index contributed by atoms with van der Waals surface area (Å²) in [6.45, 7) is 6.12. The number of methoxy groups -OCH3 is 1. The zero-order chi connectivity index (χ0) is 15.0. The molecule has 1 aromatic carbocycles. The Morgan fingerprint density at radius 3 is 2.40 bits per heavy atom. The number of nitrogens with zero attached hydrogens (tertiary/aromatic N) is 3. The van der Waals surface area contributed by atoms with Crippen molar-refractivity contribution in [3.8, 4) is 23.1 Å². The Kier molecular flexibility index (Phi) is 3.87.